The first-order valence-corrected chi connectivity index (χ1v) is 9.91. The van der Waals surface area contributed by atoms with Crippen LogP contribution in [0.4, 0.5) is 71.5 Å². The molecule has 2 rings (SSSR count). The van der Waals surface area contributed by atoms with Crippen molar-refractivity contribution in [1.82, 2.24) is 20.6 Å². The predicted octanol–water partition coefficient (Wildman–Crippen LogP) is 5.69. The Morgan fingerprint density at radius 3 is 1.64 bits per heavy atom. The number of carbonyl (C=O) groups excluding carboxylic acids is 1. The van der Waals surface area contributed by atoms with Crippen LogP contribution in [0.25, 0.3) is 0 Å². The average Bonchev–Trinajstić information content (AvgIpc) is 3.32. The summed E-state index contributed by atoms with van der Waals surface area (Å²) >= 11 is 0. The van der Waals surface area contributed by atoms with Crippen LogP contribution < -0.4 is 5.32 Å². The summed E-state index contributed by atoms with van der Waals surface area (Å²) in [5.41, 5.74) is -0.403. The maximum absolute atomic E-state index is 14.0. The molecule has 1 heterocycles. The molecule has 0 unspecified atom stereocenters. The third kappa shape index (κ3) is 5.30. The standard InChI is InChI=1S/C18H12F15N5O/c19-12(20,11(39)34-9-6-4-8(5-7-9)2-1-3-10-35-37-38-36-10)13(21,22)14(23,24)15(25,26)16(27,28)17(29,30)18(31,32)33/h4-7H,1-3H2,(H,34,39)(H,35,36,37,38). The second kappa shape index (κ2) is 10.0. The molecule has 1 aromatic heterocycles. The summed E-state index contributed by atoms with van der Waals surface area (Å²) in [4.78, 5) is 11.6. The van der Waals surface area contributed by atoms with Gasteiger partial charge in [-0.1, -0.05) is 12.1 Å². The molecule has 0 saturated carbocycles. The second-order valence-corrected chi connectivity index (χ2v) is 7.80. The molecule has 1 aromatic carbocycles. The van der Waals surface area contributed by atoms with Gasteiger partial charge in [0.15, 0.2) is 0 Å². The van der Waals surface area contributed by atoms with Crippen LogP contribution in [-0.2, 0) is 17.6 Å². The number of aromatic nitrogens is 4. The van der Waals surface area contributed by atoms with E-state index < -0.39 is 53.3 Å². The number of H-pyrrole nitrogens is 1. The predicted molar refractivity (Wildman–Crippen MR) is 97.0 cm³/mol. The van der Waals surface area contributed by atoms with E-state index in [4.69, 9.17) is 0 Å². The molecule has 0 aliphatic rings. The van der Waals surface area contributed by atoms with Crippen LogP contribution in [0.1, 0.15) is 17.8 Å². The number of rotatable bonds is 11. The fourth-order valence-electron chi connectivity index (χ4n) is 2.82. The van der Waals surface area contributed by atoms with Crippen molar-refractivity contribution in [3.05, 3.63) is 35.7 Å². The lowest BCUT2D eigenvalue weighted by atomic mass is 9.91. The molecule has 0 fully saturated rings. The van der Waals surface area contributed by atoms with Gasteiger partial charge in [-0.2, -0.15) is 65.9 Å². The van der Waals surface area contributed by atoms with Crippen molar-refractivity contribution >= 4 is 11.6 Å². The van der Waals surface area contributed by atoms with Crippen LogP contribution in [0.2, 0.25) is 0 Å². The summed E-state index contributed by atoms with van der Waals surface area (Å²) in [6.45, 7) is 0. The second-order valence-electron chi connectivity index (χ2n) is 7.80. The summed E-state index contributed by atoms with van der Waals surface area (Å²) in [5, 5.41) is 13.5. The molecular weight excluding hydrogens is 587 g/mol. The highest BCUT2D eigenvalue weighted by atomic mass is 19.4. The molecule has 0 aliphatic heterocycles. The SMILES string of the molecule is O=C(Nc1ccc(CCCc2nnn[nH]2)cc1)C(F)(F)C(F)(F)C(F)(F)C(F)(F)C(F)(F)C(F)(F)C(F)(F)F. The van der Waals surface area contributed by atoms with Gasteiger partial charge in [-0.05, 0) is 41.0 Å². The minimum absolute atomic E-state index is 0.265. The molecule has 6 nitrogen and oxygen atoms in total. The van der Waals surface area contributed by atoms with Crippen molar-refractivity contribution in [1.29, 1.82) is 0 Å². The fraction of sp³-hybridized carbons (Fsp3) is 0.556. The van der Waals surface area contributed by atoms with Crippen molar-refractivity contribution in [2.24, 2.45) is 0 Å². The van der Waals surface area contributed by atoms with Gasteiger partial charge in [0.25, 0.3) is 0 Å². The van der Waals surface area contributed by atoms with Crippen molar-refractivity contribution in [2.75, 3.05) is 5.32 Å². The Morgan fingerprint density at radius 1 is 0.692 bits per heavy atom. The molecule has 0 bridgehead atoms. The number of alkyl halides is 15. The summed E-state index contributed by atoms with van der Waals surface area (Å²) in [6, 6.07) is 3.71. The van der Waals surface area contributed by atoms with Crippen LogP contribution >= 0.6 is 0 Å². The maximum Gasteiger partial charge on any atom is 0.460 e. The summed E-state index contributed by atoms with van der Waals surface area (Å²) in [7, 11) is 0. The van der Waals surface area contributed by atoms with E-state index in [9.17, 15) is 70.7 Å². The summed E-state index contributed by atoms with van der Waals surface area (Å²) in [6.07, 6.45) is -6.71. The zero-order chi connectivity index (χ0) is 30.3. The van der Waals surface area contributed by atoms with Gasteiger partial charge in [0.2, 0.25) is 0 Å². The zero-order valence-electron chi connectivity index (χ0n) is 18.4. The molecule has 1 amide bonds. The number of nitrogens with one attached hydrogen (secondary N) is 2. The Morgan fingerprint density at radius 2 is 1.18 bits per heavy atom. The van der Waals surface area contributed by atoms with E-state index in [0.29, 0.717) is 24.2 Å². The Kier molecular flexibility index (Phi) is 8.21. The van der Waals surface area contributed by atoms with Crippen LogP contribution in [0.5, 0.6) is 0 Å². The number of anilines is 1. The maximum atomic E-state index is 14.0. The first kappa shape index (κ1) is 31.9. The number of benzene rings is 1. The van der Waals surface area contributed by atoms with Gasteiger partial charge in [-0.15, -0.1) is 5.10 Å². The molecule has 2 N–H and O–H groups in total. The summed E-state index contributed by atoms with van der Waals surface area (Å²) < 4.78 is 199. The Bertz CT molecular complexity index is 1130. The van der Waals surface area contributed by atoms with Gasteiger partial charge in [0.1, 0.15) is 5.82 Å². The van der Waals surface area contributed by atoms with Crippen molar-refractivity contribution in [3.8, 4) is 0 Å². The van der Waals surface area contributed by atoms with Gasteiger partial charge < -0.3 is 5.32 Å². The third-order valence-corrected chi connectivity index (χ3v) is 5.09. The summed E-state index contributed by atoms with van der Waals surface area (Å²) in [5.74, 6) is -51.3. The van der Waals surface area contributed by atoms with E-state index in [2.05, 4.69) is 20.6 Å². The lowest BCUT2D eigenvalue weighted by Gasteiger charge is -2.41. The number of aromatic amines is 1. The van der Waals surface area contributed by atoms with Gasteiger partial charge >= 0.3 is 47.6 Å². The van der Waals surface area contributed by atoms with E-state index in [0.717, 1.165) is 29.6 Å². The average molecular weight is 599 g/mol. The van der Waals surface area contributed by atoms with E-state index >= 15 is 0 Å². The van der Waals surface area contributed by atoms with Crippen LogP contribution in [0.15, 0.2) is 24.3 Å². The fourth-order valence-corrected chi connectivity index (χ4v) is 2.82. The minimum Gasteiger partial charge on any atom is -0.321 e. The van der Waals surface area contributed by atoms with Crippen LogP contribution in [0, 0.1) is 0 Å². The Hall–Kier alpha value is -3.29. The highest BCUT2D eigenvalue weighted by Crippen LogP contribution is 2.62. The number of nitrogens with zero attached hydrogens (tertiary/aromatic N) is 3. The highest BCUT2D eigenvalue weighted by molar-refractivity contribution is 5.97. The van der Waals surface area contributed by atoms with Crippen molar-refractivity contribution in [2.45, 2.75) is 61.0 Å². The lowest BCUT2D eigenvalue weighted by molar-refractivity contribution is -0.449. The molecule has 21 heteroatoms. The molecule has 0 aliphatic carbocycles. The molecule has 0 atom stereocenters. The van der Waals surface area contributed by atoms with Crippen LogP contribution in [-0.4, -0.2) is 68.2 Å². The van der Waals surface area contributed by atoms with Gasteiger partial charge in [0, 0.05) is 12.1 Å². The Balaban J connectivity index is 2.24. The number of halogens is 15. The minimum atomic E-state index is -8.46. The van der Waals surface area contributed by atoms with Gasteiger partial charge in [-0.25, -0.2) is 5.10 Å². The van der Waals surface area contributed by atoms with Crippen molar-refractivity contribution in [3.63, 3.8) is 0 Å². The van der Waals surface area contributed by atoms with E-state index in [1.165, 1.54) is 0 Å². The number of hydrogen-bond donors (Lipinski definition) is 2. The van der Waals surface area contributed by atoms with E-state index in [-0.39, 0.29) is 6.42 Å². The lowest BCUT2D eigenvalue weighted by Crippen LogP contribution is -2.73. The molecule has 39 heavy (non-hydrogen) atoms. The first-order chi connectivity index (χ1) is 17.4. The van der Waals surface area contributed by atoms with E-state index in [1.54, 1.807) is 0 Å². The largest absolute Gasteiger partial charge is 0.460 e. The smallest absolute Gasteiger partial charge is 0.321 e. The Labute approximate surface area is 205 Å². The van der Waals surface area contributed by atoms with Crippen LogP contribution in [0.3, 0.4) is 0 Å². The number of tetrazole rings is 1. The normalized spacial score (nSPS) is 14.4. The van der Waals surface area contributed by atoms with Gasteiger partial charge in [0.05, 0.1) is 0 Å². The van der Waals surface area contributed by atoms with Gasteiger partial charge in [-0.3, -0.25) is 4.79 Å². The molecule has 0 spiro atoms. The molecule has 0 saturated heterocycles. The number of hydrogen-bond acceptors (Lipinski definition) is 4. The number of aryl methyl sites for hydroxylation is 2. The number of amides is 1. The first-order valence-electron chi connectivity index (χ1n) is 9.91. The molecular formula is C18H12F15N5O. The number of carbonyl (C=O) groups is 1. The highest BCUT2D eigenvalue weighted by Gasteiger charge is 2.94. The monoisotopic (exact) mass is 599 g/mol. The molecule has 2 aromatic rings. The quantitative estimate of drug-likeness (QED) is 0.326. The van der Waals surface area contributed by atoms with E-state index in [1.807, 2.05) is 0 Å². The molecule has 220 valence electrons. The van der Waals surface area contributed by atoms with Crippen molar-refractivity contribution < 1.29 is 70.7 Å². The topological polar surface area (TPSA) is 83.6 Å². The molecule has 0 radical (unpaired) electrons. The zero-order valence-corrected chi connectivity index (χ0v) is 18.4. The third-order valence-electron chi connectivity index (χ3n) is 5.09.